The Bertz CT molecular complexity index is 330. The van der Waals surface area contributed by atoms with E-state index < -0.39 is 29.0 Å². The second-order valence-electron chi connectivity index (χ2n) is 2.72. The number of halogens is 4. The predicted molar refractivity (Wildman–Crippen MR) is 50.2 cm³/mol. The molecule has 0 aliphatic carbocycles. The standard InChI is InChI=1S/C9H8F4OS/c10-5-4-6(11)8(13)9(7(5)12)14-2-1-3-15/h4,15H,1-3H2. The molecule has 0 bridgehead atoms. The van der Waals surface area contributed by atoms with Crippen molar-refractivity contribution < 1.29 is 22.3 Å². The number of rotatable bonds is 4. The molecule has 15 heavy (non-hydrogen) atoms. The lowest BCUT2D eigenvalue weighted by Gasteiger charge is -2.08. The minimum atomic E-state index is -1.52. The molecule has 0 aliphatic rings. The van der Waals surface area contributed by atoms with Crippen LogP contribution in [0.3, 0.4) is 0 Å². The SMILES string of the molecule is Fc1cc(F)c(F)c(OCCCS)c1F. The minimum absolute atomic E-state index is 0.0553. The Labute approximate surface area is 89.5 Å². The number of ether oxygens (including phenoxy) is 1. The van der Waals surface area contributed by atoms with Crippen molar-refractivity contribution in [1.29, 1.82) is 0 Å². The van der Waals surface area contributed by atoms with Crippen LogP contribution in [-0.4, -0.2) is 12.4 Å². The Morgan fingerprint density at radius 3 is 2.07 bits per heavy atom. The highest BCUT2D eigenvalue weighted by molar-refractivity contribution is 7.80. The molecule has 0 aliphatic heterocycles. The molecular weight excluding hydrogens is 232 g/mol. The highest BCUT2D eigenvalue weighted by atomic mass is 32.1. The average Bonchev–Trinajstić information content (AvgIpc) is 2.20. The highest BCUT2D eigenvalue weighted by Gasteiger charge is 2.20. The molecule has 0 atom stereocenters. The quantitative estimate of drug-likeness (QED) is 0.368. The summed E-state index contributed by atoms with van der Waals surface area (Å²) in [5.74, 6) is -6.57. The minimum Gasteiger partial charge on any atom is -0.487 e. The average molecular weight is 240 g/mol. The van der Waals surface area contributed by atoms with Crippen LogP contribution in [0.5, 0.6) is 5.75 Å². The molecular formula is C9H8F4OS. The molecule has 0 radical (unpaired) electrons. The van der Waals surface area contributed by atoms with Gasteiger partial charge in [0.1, 0.15) is 0 Å². The summed E-state index contributed by atoms with van der Waals surface area (Å²) in [6, 6.07) is 0.135. The van der Waals surface area contributed by atoms with Crippen LogP contribution in [0.25, 0.3) is 0 Å². The van der Waals surface area contributed by atoms with Gasteiger partial charge in [0, 0.05) is 6.07 Å². The summed E-state index contributed by atoms with van der Waals surface area (Å²) < 4.78 is 55.8. The first-order valence-corrected chi connectivity index (χ1v) is 4.77. The Balaban J connectivity index is 2.94. The molecule has 6 heteroatoms. The monoisotopic (exact) mass is 240 g/mol. The molecule has 0 heterocycles. The van der Waals surface area contributed by atoms with Gasteiger partial charge < -0.3 is 4.74 Å². The second-order valence-corrected chi connectivity index (χ2v) is 3.17. The zero-order valence-electron chi connectivity index (χ0n) is 7.57. The summed E-state index contributed by atoms with van der Waals surface area (Å²) in [5, 5.41) is 0. The van der Waals surface area contributed by atoms with Gasteiger partial charge in [-0.1, -0.05) is 0 Å². The Morgan fingerprint density at radius 2 is 1.60 bits per heavy atom. The first kappa shape index (κ1) is 12.2. The summed E-state index contributed by atoms with van der Waals surface area (Å²) in [4.78, 5) is 0. The zero-order chi connectivity index (χ0) is 11.4. The van der Waals surface area contributed by atoms with Gasteiger partial charge in [0.2, 0.25) is 11.6 Å². The molecule has 0 spiro atoms. The molecule has 84 valence electrons. The van der Waals surface area contributed by atoms with Crippen molar-refractivity contribution in [3.63, 3.8) is 0 Å². The molecule has 1 nitrogen and oxygen atoms in total. The van der Waals surface area contributed by atoms with Gasteiger partial charge in [-0.25, -0.2) is 8.78 Å². The van der Waals surface area contributed by atoms with Crippen molar-refractivity contribution in [2.45, 2.75) is 6.42 Å². The van der Waals surface area contributed by atoms with Crippen molar-refractivity contribution in [3.05, 3.63) is 29.3 Å². The van der Waals surface area contributed by atoms with Crippen molar-refractivity contribution in [1.82, 2.24) is 0 Å². The number of thiol groups is 1. The summed E-state index contributed by atoms with van der Waals surface area (Å²) in [5.41, 5.74) is 0. The van der Waals surface area contributed by atoms with Gasteiger partial charge >= 0.3 is 0 Å². The molecule has 0 saturated heterocycles. The van der Waals surface area contributed by atoms with Crippen molar-refractivity contribution in [2.24, 2.45) is 0 Å². The number of hydrogen-bond donors (Lipinski definition) is 1. The van der Waals surface area contributed by atoms with Gasteiger partial charge in [0.05, 0.1) is 6.61 Å². The van der Waals surface area contributed by atoms with E-state index in [9.17, 15) is 17.6 Å². The number of benzene rings is 1. The maximum absolute atomic E-state index is 12.9. The van der Waals surface area contributed by atoms with Crippen molar-refractivity contribution in [3.8, 4) is 5.75 Å². The number of hydrogen-bond acceptors (Lipinski definition) is 2. The van der Waals surface area contributed by atoms with E-state index in [2.05, 4.69) is 17.4 Å². The fourth-order valence-corrected chi connectivity index (χ4v) is 1.05. The lowest BCUT2D eigenvalue weighted by atomic mass is 10.3. The molecule has 0 N–H and O–H groups in total. The zero-order valence-corrected chi connectivity index (χ0v) is 8.46. The third kappa shape index (κ3) is 2.77. The highest BCUT2D eigenvalue weighted by Crippen LogP contribution is 2.26. The van der Waals surface area contributed by atoms with E-state index in [4.69, 9.17) is 0 Å². The lowest BCUT2D eigenvalue weighted by Crippen LogP contribution is -2.05. The summed E-state index contributed by atoms with van der Waals surface area (Å²) in [7, 11) is 0. The van der Waals surface area contributed by atoms with E-state index in [1.807, 2.05) is 0 Å². The van der Waals surface area contributed by atoms with E-state index in [0.717, 1.165) is 0 Å². The van der Waals surface area contributed by atoms with Crippen LogP contribution >= 0.6 is 12.6 Å². The summed E-state index contributed by atoms with van der Waals surface area (Å²) in [6.07, 6.45) is 0.417. The van der Waals surface area contributed by atoms with Crippen molar-refractivity contribution in [2.75, 3.05) is 12.4 Å². The van der Waals surface area contributed by atoms with Crippen LogP contribution in [0.1, 0.15) is 6.42 Å². The van der Waals surface area contributed by atoms with Crippen LogP contribution in [0.2, 0.25) is 0 Å². The van der Waals surface area contributed by atoms with Gasteiger partial charge in [-0.3, -0.25) is 0 Å². The largest absolute Gasteiger partial charge is 0.487 e. The molecule has 0 amide bonds. The molecule has 0 saturated carbocycles. The molecule has 1 aromatic rings. The Morgan fingerprint density at radius 1 is 1.07 bits per heavy atom. The third-order valence-corrected chi connectivity index (χ3v) is 1.94. The Kier molecular flexibility index (Phi) is 4.26. The molecule has 0 unspecified atom stereocenters. The van der Waals surface area contributed by atoms with Crippen LogP contribution in [0.4, 0.5) is 17.6 Å². The molecule has 0 fully saturated rings. The van der Waals surface area contributed by atoms with Gasteiger partial charge in [0.15, 0.2) is 17.4 Å². The molecule has 0 aromatic heterocycles. The van der Waals surface area contributed by atoms with Crippen LogP contribution < -0.4 is 4.74 Å². The fraction of sp³-hybridized carbons (Fsp3) is 0.333. The maximum Gasteiger partial charge on any atom is 0.203 e. The van der Waals surface area contributed by atoms with Crippen LogP contribution in [0.15, 0.2) is 6.07 Å². The third-order valence-electron chi connectivity index (χ3n) is 1.62. The molecule has 1 rings (SSSR count). The van der Waals surface area contributed by atoms with Crippen molar-refractivity contribution >= 4 is 12.6 Å². The normalized spacial score (nSPS) is 10.5. The van der Waals surface area contributed by atoms with E-state index in [-0.39, 0.29) is 12.7 Å². The van der Waals surface area contributed by atoms with Gasteiger partial charge in [-0.15, -0.1) is 0 Å². The second kappa shape index (κ2) is 5.25. The predicted octanol–water partition coefficient (Wildman–Crippen LogP) is 2.94. The van der Waals surface area contributed by atoms with E-state index in [1.165, 1.54) is 0 Å². The van der Waals surface area contributed by atoms with Crippen LogP contribution in [-0.2, 0) is 0 Å². The molecule has 1 aromatic carbocycles. The lowest BCUT2D eigenvalue weighted by molar-refractivity contribution is 0.272. The van der Waals surface area contributed by atoms with E-state index >= 15 is 0 Å². The van der Waals surface area contributed by atoms with Gasteiger partial charge in [0.25, 0.3) is 0 Å². The van der Waals surface area contributed by atoms with Gasteiger partial charge in [-0.2, -0.15) is 21.4 Å². The Hall–Kier alpha value is -0.910. The van der Waals surface area contributed by atoms with E-state index in [1.54, 1.807) is 0 Å². The van der Waals surface area contributed by atoms with Gasteiger partial charge in [-0.05, 0) is 12.2 Å². The maximum atomic E-state index is 12.9. The van der Waals surface area contributed by atoms with E-state index in [0.29, 0.717) is 12.2 Å². The summed E-state index contributed by atoms with van der Waals surface area (Å²) >= 11 is 3.84. The first-order valence-electron chi connectivity index (χ1n) is 4.14. The first-order chi connectivity index (χ1) is 7.07. The smallest absolute Gasteiger partial charge is 0.203 e. The van der Waals surface area contributed by atoms with Crippen LogP contribution in [0, 0.1) is 23.3 Å². The topological polar surface area (TPSA) is 9.23 Å². The summed E-state index contributed by atoms with van der Waals surface area (Å²) in [6.45, 7) is -0.0553. The fourth-order valence-electron chi connectivity index (χ4n) is 0.917.